The second kappa shape index (κ2) is 6.35. The van der Waals surface area contributed by atoms with Crippen LogP contribution in [0.25, 0.3) is 5.57 Å². The lowest BCUT2D eigenvalue weighted by molar-refractivity contribution is 0.470. The minimum atomic E-state index is 0.00270. The molecular weight excluding hydrogens is 296 g/mol. The fourth-order valence-electron chi connectivity index (χ4n) is 3.56. The van der Waals surface area contributed by atoms with Crippen molar-refractivity contribution in [2.45, 2.75) is 51.4 Å². The van der Waals surface area contributed by atoms with Crippen LogP contribution in [0.15, 0.2) is 48.5 Å². The molecule has 1 unspecified atom stereocenters. The smallest absolute Gasteiger partial charge is 0.115 e. The molecule has 0 amide bonds. The van der Waals surface area contributed by atoms with Gasteiger partial charge >= 0.3 is 0 Å². The molecule has 1 aliphatic carbocycles. The van der Waals surface area contributed by atoms with E-state index in [0.29, 0.717) is 17.4 Å². The van der Waals surface area contributed by atoms with Gasteiger partial charge in [0.2, 0.25) is 0 Å². The van der Waals surface area contributed by atoms with E-state index in [1.807, 2.05) is 18.2 Å². The molecule has 3 rings (SSSR count). The second-order valence-corrected chi connectivity index (χ2v) is 7.77. The van der Waals surface area contributed by atoms with Crippen LogP contribution in [-0.4, -0.2) is 10.2 Å². The first-order valence-electron chi connectivity index (χ1n) is 8.66. The lowest BCUT2D eigenvalue weighted by Crippen LogP contribution is -2.15. The summed E-state index contributed by atoms with van der Waals surface area (Å²) in [4.78, 5) is 0. The molecule has 24 heavy (non-hydrogen) atoms. The van der Waals surface area contributed by atoms with Crippen LogP contribution in [0.4, 0.5) is 0 Å². The number of benzene rings is 2. The quantitative estimate of drug-likeness (QED) is 0.739. The van der Waals surface area contributed by atoms with E-state index in [4.69, 9.17) is 0 Å². The summed E-state index contributed by atoms with van der Waals surface area (Å²) in [6, 6.07) is 13.3. The Balaban J connectivity index is 1.87. The summed E-state index contributed by atoms with van der Waals surface area (Å²) in [5.41, 5.74) is 5.16. The van der Waals surface area contributed by atoms with Crippen LogP contribution in [0.2, 0.25) is 0 Å². The standard InChI is InChI=1S/C22H26O2/c1-22(2,3)21-14-19(24)12-13-20(21)17-6-4-15(5-7-17)16-8-10-18(23)11-9-16/h6,8-15,23-24H,4-5,7H2,1-3H3. The maximum Gasteiger partial charge on any atom is 0.115 e. The van der Waals surface area contributed by atoms with Gasteiger partial charge in [-0.05, 0) is 77.1 Å². The lowest BCUT2D eigenvalue weighted by Gasteiger charge is -2.28. The fourth-order valence-corrected chi connectivity index (χ4v) is 3.56. The molecule has 2 aromatic rings. The Hall–Kier alpha value is -2.22. The highest BCUT2D eigenvalue weighted by atomic mass is 16.3. The third kappa shape index (κ3) is 3.48. The SMILES string of the molecule is CC(C)(C)c1cc(O)ccc1C1=CCC(c2ccc(O)cc2)CC1. The summed E-state index contributed by atoms with van der Waals surface area (Å²) in [5.74, 6) is 1.18. The number of hydrogen-bond acceptors (Lipinski definition) is 2. The molecule has 1 aliphatic rings. The number of rotatable bonds is 2. The Bertz CT molecular complexity index is 749. The summed E-state index contributed by atoms with van der Waals surface area (Å²) in [6.07, 6.45) is 5.52. The van der Waals surface area contributed by atoms with Crippen molar-refractivity contribution >= 4 is 5.57 Å². The Labute approximate surface area is 144 Å². The van der Waals surface area contributed by atoms with Gasteiger partial charge in [-0.1, -0.05) is 45.0 Å². The highest BCUT2D eigenvalue weighted by Crippen LogP contribution is 2.40. The molecule has 2 N–H and O–H groups in total. The van der Waals surface area contributed by atoms with Crippen molar-refractivity contribution < 1.29 is 10.2 Å². The largest absolute Gasteiger partial charge is 0.508 e. The molecule has 2 nitrogen and oxygen atoms in total. The van der Waals surface area contributed by atoms with Gasteiger partial charge < -0.3 is 10.2 Å². The summed E-state index contributed by atoms with van der Waals surface area (Å²) >= 11 is 0. The van der Waals surface area contributed by atoms with Gasteiger partial charge in [-0.2, -0.15) is 0 Å². The molecule has 1 atom stereocenters. The molecule has 0 bridgehead atoms. The lowest BCUT2D eigenvalue weighted by atomic mass is 9.77. The molecule has 0 heterocycles. The summed E-state index contributed by atoms with van der Waals surface area (Å²) in [5, 5.41) is 19.3. The molecular formula is C22H26O2. The first kappa shape index (κ1) is 16.6. The monoisotopic (exact) mass is 322 g/mol. The van der Waals surface area contributed by atoms with E-state index in [9.17, 15) is 10.2 Å². The molecule has 126 valence electrons. The van der Waals surface area contributed by atoms with E-state index in [1.54, 1.807) is 18.2 Å². The van der Waals surface area contributed by atoms with Gasteiger partial charge in [0.05, 0.1) is 0 Å². The van der Waals surface area contributed by atoms with E-state index in [-0.39, 0.29) is 5.41 Å². The van der Waals surface area contributed by atoms with Gasteiger partial charge in [-0.25, -0.2) is 0 Å². The number of aromatic hydroxyl groups is 2. The predicted octanol–water partition coefficient (Wildman–Crippen LogP) is 5.75. The summed E-state index contributed by atoms with van der Waals surface area (Å²) in [7, 11) is 0. The zero-order valence-corrected chi connectivity index (χ0v) is 14.7. The van der Waals surface area contributed by atoms with Crippen LogP contribution >= 0.6 is 0 Å². The first-order chi connectivity index (χ1) is 11.3. The molecule has 0 saturated heterocycles. The van der Waals surface area contributed by atoms with Gasteiger partial charge in [0, 0.05) is 0 Å². The molecule has 0 aromatic heterocycles. The van der Waals surface area contributed by atoms with Crippen LogP contribution in [0, 0.1) is 0 Å². The number of phenolic OH excluding ortho intramolecular Hbond substituents is 2. The maximum absolute atomic E-state index is 9.87. The van der Waals surface area contributed by atoms with Gasteiger partial charge in [0.15, 0.2) is 0 Å². The van der Waals surface area contributed by atoms with Crippen molar-refractivity contribution in [3.05, 3.63) is 65.2 Å². The van der Waals surface area contributed by atoms with E-state index < -0.39 is 0 Å². The minimum Gasteiger partial charge on any atom is -0.508 e. The second-order valence-electron chi connectivity index (χ2n) is 7.77. The zero-order chi connectivity index (χ0) is 17.3. The topological polar surface area (TPSA) is 40.5 Å². The van der Waals surface area contributed by atoms with E-state index in [1.165, 1.54) is 22.3 Å². The van der Waals surface area contributed by atoms with Crippen molar-refractivity contribution in [2.24, 2.45) is 0 Å². The van der Waals surface area contributed by atoms with Crippen LogP contribution in [0.5, 0.6) is 11.5 Å². The zero-order valence-electron chi connectivity index (χ0n) is 14.7. The average Bonchev–Trinajstić information content (AvgIpc) is 2.55. The van der Waals surface area contributed by atoms with Gasteiger partial charge in [-0.3, -0.25) is 0 Å². The van der Waals surface area contributed by atoms with Crippen molar-refractivity contribution in [2.75, 3.05) is 0 Å². The third-order valence-electron chi connectivity index (χ3n) is 4.93. The van der Waals surface area contributed by atoms with Gasteiger partial charge in [-0.15, -0.1) is 0 Å². The average molecular weight is 322 g/mol. The number of allylic oxidation sites excluding steroid dienone is 2. The van der Waals surface area contributed by atoms with Gasteiger partial charge in [0.1, 0.15) is 11.5 Å². The van der Waals surface area contributed by atoms with Crippen molar-refractivity contribution in [3.8, 4) is 11.5 Å². The normalized spacial score (nSPS) is 18.3. The van der Waals surface area contributed by atoms with E-state index in [0.717, 1.165) is 19.3 Å². The summed E-state index contributed by atoms with van der Waals surface area (Å²) < 4.78 is 0. The molecule has 0 fully saturated rings. The maximum atomic E-state index is 9.87. The van der Waals surface area contributed by atoms with Crippen molar-refractivity contribution in [3.63, 3.8) is 0 Å². The third-order valence-corrected chi connectivity index (χ3v) is 4.93. The summed E-state index contributed by atoms with van der Waals surface area (Å²) in [6.45, 7) is 6.57. The minimum absolute atomic E-state index is 0.00270. The Morgan fingerprint density at radius 2 is 1.58 bits per heavy atom. The van der Waals surface area contributed by atoms with Crippen LogP contribution in [0.1, 0.15) is 62.6 Å². The fraction of sp³-hybridized carbons (Fsp3) is 0.364. The molecule has 2 heteroatoms. The predicted molar refractivity (Wildman–Crippen MR) is 99.5 cm³/mol. The van der Waals surface area contributed by atoms with Gasteiger partial charge in [0.25, 0.3) is 0 Å². The van der Waals surface area contributed by atoms with Crippen LogP contribution in [0.3, 0.4) is 0 Å². The van der Waals surface area contributed by atoms with E-state index >= 15 is 0 Å². The molecule has 0 aliphatic heterocycles. The van der Waals surface area contributed by atoms with Crippen LogP contribution < -0.4 is 0 Å². The molecule has 2 aromatic carbocycles. The number of phenols is 2. The Morgan fingerprint density at radius 1 is 0.917 bits per heavy atom. The molecule has 0 saturated carbocycles. The van der Waals surface area contributed by atoms with E-state index in [2.05, 4.69) is 32.9 Å². The van der Waals surface area contributed by atoms with Crippen molar-refractivity contribution in [1.29, 1.82) is 0 Å². The van der Waals surface area contributed by atoms with Crippen molar-refractivity contribution in [1.82, 2.24) is 0 Å². The number of hydrogen-bond donors (Lipinski definition) is 2. The molecule has 0 spiro atoms. The highest BCUT2D eigenvalue weighted by molar-refractivity contribution is 5.71. The highest BCUT2D eigenvalue weighted by Gasteiger charge is 2.23. The van der Waals surface area contributed by atoms with Crippen LogP contribution in [-0.2, 0) is 5.41 Å². The Morgan fingerprint density at radius 3 is 2.17 bits per heavy atom. The first-order valence-corrected chi connectivity index (χ1v) is 8.66. The Kier molecular flexibility index (Phi) is 4.40. The molecule has 0 radical (unpaired) electrons.